The lowest BCUT2D eigenvalue weighted by Crippen LogP contribution is -1.76. The summed E-state index contributed by atoms with van der Waals surface area (Å²) < 4.78 is 0. The van der Waals surface area contributed by atoms with E-state index in [2.05, 4.69) is 13.0 Å². The van der Waals surface area contributed by atoms with Gasteiger partial charge in [-0.25, -0.2) is 0 Å². The first-order valence-electron chi connectivity index (χ1n) is 4.67. The summed E-state index contributed by atoms with van der Waals surface area (Å²) in [7, 11) is 0. The number of hydrogen-bond acceptors (Lipinski definition) is 1. The Morgan fingerprint density at radius 2 is 1.73 bits per heavy atom. The monoisotopic (exact) mass is 156 g/mol. The molecule has 1 heteroatoms. The maximum Gasteiger partial charge on any atom is 0.0612 e. The van der Waals surface area contributed by atoms with Crippen LogP contribution in [0.1, 0.15) is 45.4 Å². The number of aliphatic hydroxyl groups excluding tert-OH is 1. The average molecular weight is 156 g/mol. The van der Waals surface area contributed by atoms with E-state index in [9.17, 15) is 0 Å². The topological polar surface area (TPSA) is 20.2 Å². The molecule has 1 N–H and O–H groups in total. The molecule has 0 spiro atoms. The van der Waals surface area contributed by atoms with E-state index in [0.29, 0.717) is 0 Å². The van der Waals surface area contributed by atoms with E-state index >= 15 is 0 Å². The smallest absolute Gasteiger partial charge is 0.0612 e. The largest absolute Gasteiger partial charge is 0.392 e. The molecule has 0 aliphatic rings. The summed E-state index contributed by atoms with van der Waals surface area (Å²) in [5.41, 5.74) is 0. The fraction of sp³-hybridized carbons (Fsp3) is 0.800. The van der Waals surface area contributed by atoms with Gasteiger partial charge in [0, 0.05) is 0 Å². The highest BCUT2D eigenvalue weighted by Gasteiger charge is 1.85. The van der Waals surface area contributed by atoms with Crippen molar-refractivity contribution in [1.82, 2.24) is 0 Å². The maximum atomic E-state index is 8.42. The van der Waals surface area contributed by atoms with E-state index in [1.807, 2.05) is 6.08 Å². The van der Waals surface area contributed by atoms with E-state index in [0.717, 1.165) is 6.42 Å². The molecule has 0 fully saturated rings. The van der Waals surface area contributed by atoms with Gasteiger partial charge in [0.05, 0.1) is 6.61 Å². The molecule has 0 amide bonds. The summed E-state index contributed by atoms with van der Waals surface area (Å²) in [4.78, 5) is 0. The molecule has 0 saturated carbocycles. The van der Waals surface area contributed by atoms with E-state index < -0.39 is 0 Å². The molecular formula is C10H20O. The number of rotatable bonds is 7. The van der Waals surface area contributed by atoms with Gasteiger partial charge in [-0.05, 0) is 12.8 Å². The van der Waals surface area contributed by atoms with E-state index in [1.54, 1.807) is 0 Å². The molecular weight excluding hydrogens is 136 g/mol. The lowest BCUT2D eigenvalue weighted by atomic mass is 10.1. The Hall–Kier alpha value is -0.300. The Labute approximate surface area is 70.1 Å². The van der Waals surface area contributed by atoms with Gasteiger partial charge in [0.1, 0.15) is 0 Å². The zero-order valence-corrected chi connectivity index (χ0v) is 7.55. The first-order valence-corrected chi connectivity index (χ1v) is 4.67. The van der Waals surface area contributed by atoms with Crippen LogP contribution in [0.2, 0.25) is 0 Å². The first-order chi connectivity index (χ1) is 5.41. The minimum absolute atomic E-state index is 0.189. The molecule has 0 heterocycles. The van der Waals surface area contributed by atoms with Gasteiger partial charge in [-0.3, -0.25) is 0 Å². The van der Waals surface area contributed by atoms with Gasteiger partial charge in [-0.2, -0.15) is 0 Å². The summed E-state index contributed by atoms with van der Waals surface area (Å²) in [5, 5.41) is 8.42. The molecule has 0 rings (SSSR count). The zero-order chi connectivity index (χ0) is 8.36. The Balaban J connectivity index is 2.85. The van der Waals surface area contributed by atoms with Crippen LogP contribution in [-0.4, -0.2) is 11.7 Å². The third kappa shape index (κ3) is 9.70. The summed E-state index contributed by atoms with van der Waals surface area (Å²) in [6.45, 7) is 2.42. The third-order valence-electron chi connectivity index (χ3n) is 1.75. The van der Waals surface area contributed by atoms with Crippen LogP contribution >= 0.6 is 0 Å². The first kappa shape index (κ1) is 10.7. The molecule has 0 aliphatic carbocycles. The molecule has 0 atom stereocenters. The second kappa shape index (κ2) is 9.70. The summed E-state index contributed by atoms with van der Waals surface area (Å²) in [6.07, 6.45) is 11.7. The Bertz CT molecular complexity index is 86.9. The molecule has 0 aliphatic heterocycles. The van der Waals surface area contributed by atoms with Crippen molar-refractivity contribution in [2.75, 3.05) is 6.61 Å². The van der Waals surface area contributed by atoms with Crippen LogP contribution in [-0.2, 0) is 0 Å². The van der Waals surface area contributed by atoms with Crippen molar-refractivity contribution in [3.8, 4) is 0 Å². The minimum Gasteiger partial charge on any atom is -0.392 e. The van der Waals surface area contributed by atoms with Crippen LogP contribution in [0.5, 0.6) is 0 Å². The Morgan fingerprint density at radius 3 is 2.36 bits per heavy atom. The van der Waals surface area contributed by atoms with Gasteiger partial charge in [-0.1, -0.05) is 44.8 Å². The molecule has 0 radical (unpaired) electrons. The SMILES string of the molecule is CCCCCCC/C=C/CO. The standard InChI is InChI=1S/C10H20O/c1-2-3-4-5-6-7-8-9-10-11/h8-9,11H,2-7,10H2,1H3/b9-8+. The predicted molar refractivity (Wildman–Crippen MR) is 49.6 cm³/mol. The van der Waals surface area contributed by atoms with Crippen LogP contribution in [0.15, 0.2) is 12.2 Å². The summed E-state index contributed by atoms with van der Waals surface area (Å²) >= 11 is 0. The van der Waals surface area contributed by atoms with Crippen molar-refractivity contribution in [2.24, 2.45) is 0 Å². The predicted octanol–water partition coefficient (Wildman–Crippen LogP) is 2.90. The van der Waals surface area contributed by atoms with Gasteiger partial charge in [-0.15, -0.1) is 0 Å². The molecule has 0 aromatic heterocycles. The van der Waals surface area contributed by atoms with Crippen LogP contribution in [0.25, 0.3) is 0 Å². The molecule has 0 saturated heterocycles. The van der Waals surface area contributed by atoms with E-state index in [-0.39, 0.29) is 6.61 Å². The quantitative estimate of drug-likeness (QED) is 0.444. The van der Waals surface area contributed by atoms with Crippen LogP contribution in [0.4, 0.5) is 0 Å². The van der Waals surface area contributed by atoms with Crippen molar-refractivity contribution in [3.63, 3.8) is 0 Å². The highest BCUT2D eigenvalue weighted by Crippen LogP contribution is 2.04. The highest BCUT2D eigenvalue weighted by molar-refractivity contribution is 4.80. The summed E-state index contributed by atoms with van der Waals surface area (Å²) in [6, 6.07) is 0. The van der Waals surface area contributed by atoms with Crippen LogP contribution in [0.3, 0.4) is 0 Å². The maximum absolute atomic E-state index is 8.42. The summed E-state index contributed by atoms with van der Waals surface area (Å²) in [5.74, 6) is 0. The molecule has 0 bridgehead atoms. The molecule has 1 nitrogen and oxygen atoms in total. The zero-order valence-electron chi connectivity index (χ0n) is 7.55. The van der Waals surface area contributed by atoms with Gasteiger partial charge in [0.25, 0.3) is 0 Å². The van der Waals surface area contributed by atoms with Crippen molar-refractivity contribution < 1.29 is 5.11 Å². The second-order valence-electron chi connectivity index (χ2n) is 2.86. The van der Waals surface area contributed by atoms with Crippen molar-refractivity contribution in [1.29, 1.82) is 0 Å². The lowest BCUT2D eigenvalue weighted by Gasteiger charge is -1.95. The number of hydrogen-bond donors (Lipinski definition) is 1. The Kier molecular flexibility index (Phi) is 9.44. The van der Waals surface area contributed by atoms with Gasteiger partial charge in [0.2, 0.25) is 0 Å². The van der Waals surface area contributed by atoms with E-state index in [1.165, 1.54) is 32.1 Å². The number of aliphatic hydroxyl groups is 1. The lowest BCUT2D eigenvalue weighted by molar-refractivity contribution is 0.342. The molecule has 11 heavy (non-hydrogen) atoms. The number of unbranched alkanes of at least 4 members (excludes halogenated alkanes) is 5. The van der Waals surface area contributed by atoms with Crippen LogP contribution in [0, 0.1) is 0 Å². The normalized spacial score (nSPS) is 11.1. The average Bonchev–Trinajstić information content (AvgIpc) is 2.03. The minimum atomic E-state index is 0.189. The van der Waals surface area contributed by atoms with Crippen molar-refractivity contribution >= 4 is 0 Å². The second-order valence-corrected chi connectivity index (χ2v) is 2.86. The molecule has 66 valence electrons. The van der Waals surface area contributed by atoms with Gasteiger partial charge >= 0.3 is 0 Å². The van der Waals surface area contributed by atoms with Crippen molar-refractivity contribution in [3.05, 3.63) is 12.2 Å². The molecule has 0 unspecified atom stereocenters. The highest BCUT2D eigenvalue weighted by atomic mass is 16.2. The van der Waals surface area contributed by atoms with Crippen LogP contribution < -0.4 is 0 Å². The Morgan fingerprint density at radius 1 is 1.00 bits per heavy atom. The van der Waals surface area contributed by atoms with Crippen molar-refractivity contribution in [2.45, 2.75) is 45.4 Å². The fourth-order valence-electron chi connectivity index (χ4n) is 1.06. The molecule has 0 aromatic carbocycles. The van der Waals surface area contributed by atoms with Gasteiger partial charge < -0.3 is 5.11 Å². The van der Waals surface area contributed by atoms with Gasteiger partial charge in [0.15, 0.2) is 0 Å². The van der Waals surface area contributed by atoms with E-state index in [4.69, 9.17) is 5.11 Å². The fourth-order valence-corrected chi connectivity index (χ4v) is 1.06. The third-order valence-corrected chi connectivity index (χ3v) is 1.75. The number of allylic oxidation sites excluding steroid dienone is 1. The molecule has 0 aromatic rings.